The summed E-state index contributed by atoms with van der Waals surface area (Å²) in [4.78, 5) is 17.8. The minimum absolute atomic E-state index is 0. The SMILES string of the molecule is CCOc1ccc(CN(C)C(=NC)NCc2ccc(OC)c(NC(C)=O)c2)cc1.I. The Labute approximate surface area is 195 Å². The van der Waals surface area contributed by atoms with E-state index in [1.165, 1.54) is 6.92 Å². The number of anilines is 1. The van der Waals surface area contributed by atoms with Crippen LogP contribution in [0, 0.1) is 0 Å². The van der Waals surface area contributed by atoms with Gasteiger partial charge in [-0.15, -0.1) is 24.0 Å². The van der Waals surface area contributed by atoms with E-state index in [-0.39, 0.29) is 29.9 Å². The molecule has 0 saturated heterocycles. The topological polar surface area (TPSA) is 75.2 Å². The first-order valence-corrected chi connectivity index (χ1v) is 9.54. The van der Waals surface area contributed by atoms with Crippen LogP contribution in [0.15, 0.2) is 47.5 Å². The molecule has 0 saturated carbocycles. The Kier molecular flexibility index (Phi) is 11.0. The Morgan fingerprint density at radius 3 is 2.37 bits per heavy atom. The van der Waals surface area contributed by atoms with Crippen LogP contribution in [0.25, 0.3) is 0 Å². The number of carbonyl (C=O) groups is 1. The number of methoxy groups -OCH3 is 1. The number of ether oxygens (including phenoxy) is 2. The zero-order chi connectivity index (χ0) is 21.2. The van der Waals surface area contributed by atoms with Crippen molar-refractivity contribution >= 4 is 41.5 Å². The van der Waals surface area contributed by atoms with Crippen LogP contribution in [0.3, 0.4) is 0 Å². The summed E-state index contributed by atoms with van der Waals surface area (Å²) in [5.41, 5.74) is 2.82. The lowest BCUT2D eigenvalue weighted by molar-refractivity contribution is -0.114. The van der Waals surface area contributed by atoms with Crippen LogP contribution in [0.1, 0.15) is 25.0 Å². The zero-order valence-corrected chi connectivity index (χ0v) is 20.5. The number of aliphatic imine (C=N–C) groups is 1. The predicted molar refractivity (Wildman–Crippen MR) is 132 cm³/mol. The maximum Gasteiger partial charge on any atom is 0.221 e. The molecule has 30 heavy (non-hydrogen) atoms. The van der Waals surface area contributed by atoms with Crippen LogP contribution < -0.4 is 20.1 Å². The molecule has 0 atom stereocenters. The van der Waals surface area contributed by atoms with Gasteiger partial charge in [0.15, 0.2) is 5.96 Å². The number of amides is 1. The summed E-state index contributed by atoms with van der Waals surface area (Å²) < 4.78 is 10.8. The first kappa shape index (κ1) is 25.5. The summed E-state index contributed by atoms with van der Waals surface area (Å²) in [6.07, 6.45) is 0. The monoisotopic (exact) mass is 526 g/mol. The zero-order valence-electron chi connectivity index (χ0n) is 18.2. The fraction of sp³-hybridized carbons (Fsp3) is 0.364. The van der Waals surface area contributed by atoms with Crippen molar-refractivity contribution in [2.75, 3.05) is 33.1 Å². The summed E-state index contributed by atoms with van der Waals surface area (Å²) in [5.74, 6) is 2.13. The average molecular weight is 526 g/mol. The predicted octanol–water partition coefficient (Wildman–Crippen LogP) is 3.88. The Bertz CT molecular complexity index is 841. The van der Waals surface area contributed by atoms with Gasteiger partial charge in [0, 0.05) is 34.1 Å². The Hall–Kier alpha value is -2.49. The molecule has 2 N–H and O–H groups in total. The summed E-state index contributed by atoms with van der Waals surface area (Å²) >= 11 is 0. The van der Waals surface area contributed by atoms with Gasteiger partial charge in [-0.25, -0.2) is 0 Å². The van der Waals surface area contributed by atoms with Crippen molar-refractivity contribution in [3.05, 3.63) is 53.6 Å². The minimum Gasteiger partial charge on any atom is -0.495 e. The Morgan fingerprint density at radius 2 is 1.80 bits per heavy atom. The second-order valence-electron chi connectivity index (χ2n) is 6.55. The first-order valence-electron chi connectivity index (χ1n) is 9.54. The van der Waals surface area contributed by atoms with E-state index in [1.54, 1.807) is 14.2 Å². The summed E-state index contributed by atoms with van der Waals surface area (Å²) in [5, 5.41) is 6.15. The number of halogens is 1. The maximum absolute atomic E-state index is 11.4. The van der Waals surface area contributed by atoms with Crippen LogP contribution in [0.4, 0.5) is 5.69 Å². The molecule has 2 rings (SSSR count). The van der Waals surface area contributed by atoms with E-state index in [9.17, 15) is 4.79 Å². The molecule has 0 spiro atoms. The molecule has 8 heteroatoms. The quantitative estimate of drug-likeness (QED) is 0.310. The molecule has 0 fully saturated rings. The van der Waals surface area contributed by atoms with Gasteiger partial charge in [-0.3, -0.25) is 9.79 Å². The summed E-state index contributed by atoms with van der Waals surface area (Å²) in [6.45, 7) is 5.38. The molecule has 0 radical (unpaired) electrons. The van der Waals surface area contributed by atoms with Crippen molar-refractivity contribution < 1.29 is 14.3 Å². The molecule has 0 unspecified atom stereocenters. The molecule has 0 aliphatic heterocycles. The normalized spacial score (nSPS) is 10.6. The van der Waals surface area contributed by atoms with Gasteiger partial charge in [-0.1, -0.05) is 18.2 Å². The fourth-order valence-corrected chi connectivity index (χ4v) is 2.92. The second kappa shape index (κ2) is 12.9. The van der Waals surface area contributed by atoms with E-state index in [0.717, 1.165) is 22.8 Å². The highest BCUT2D eigenvalue weighted by Crippen LogP contribution is 2.25. The number of hydrogen-bond donors (Lipinski definition) is 2. The lowest BCUT2D eigenvalue weighted by atomic mass is 10.2. The highest BCUT2D eigenvalue weighted by molar-refractivity contribution is 14.0. The van der Waals surface area contributed by atoms with Crippen LogP contribution in [0.2, 0.25) is 0 Å². The standard InChI is InChI=1S/C22H30N4O3.HI/c1-6-29-19-10-7-17(8-11-19)15-26(4)22(23-3)24-14-18-9-12-21(28-5)20(13-18)25-16(2)27;/h7-13H,6,14-15H2,1-5H3,(H,23,24)(H,25,27);1H. The molecular formula is C22H31IN4O3. The van der Waals surface area contributed by atoms with Gasteiger partial charge in [0.05, 0.1) is 19.4 Å². The minimum atomic E-state index is -0.140. The summed E-state index contributed by atoms with van der Waals surface area (Å²) in [7, 11) is 5.33. The number of carbonyl (C=O) groups excluding carboxylic acids is 1. The molecule has 164 valence electrons. The largest absolute Gasteiger partial charge is 0.495 e. The average Bonchev–Trinajstić information content (AvgIpc) is 2.70. The Balaban J connectivity index is 0.00000450. The smallest absolute Gasteiger partial charge is 0.221 e. The molecule has 2 aromatic carbocycles. The van der Waals surface area contributed by atoms with Crippen LogP contribution in [-0.4, -0.2) is 44.6 Å². The van der Waals surface area contributed by atoms with Crippen molar-refractivity contribution in [1.82, 2.24) is 10.2 Å². The molecule has 1 amide bonds. The lowest BCUT2D eigenvalue weighted by Gasteiger charge is -2.22. The van der Waals surface area contributed by atoms with Gasteiger partial charge in [0.1, 0.15) is 11.5 Å². The third kappa shape index (κ3) is 7.74. The molecular weight excluding hydrogens is 495 g/mol. The van der Waals surface area contributed by atoms with Crippen molar-refractivity contribution in [2.45, 2.75) is 26.9 Å². The molecule has 7 nitrogen and oxygen atoms in total. The van der Waals surface area contributed by atoms with Crippen LogP contribution >= 0.6 is 24.0 Å². The molecule has 0 aromatic heterocycles. The van der Waals surface area contributed by atoms with Crippen molar-refractivity contribution in [3.8, 4) is 11.5 Å². The molecule has 0 aliphatic carbocycles. The van der Waals surface area contributed by atoms with Crippen molar-refractivity contribution in [2.24, 2.45) is 4.99 Å². The lowest BCUT2D eigenvalue weighted by Crippen LogP contribution is -2.38. The molecule has 0 aliphatic rings. The number of hydrogen-bond acceptors (Lipinski definition) is 4. The number of nitrogens with one attached hydrogen (secondary N) is 2. The molecule has 0 bridgehead atoms. The van der Waals surface area contributed by atoms with Gasteiger partial charge < -0.3 is 25.0 Å². The van der Waals surface area contributed by atoms with Crippen molar-refractivity contribution in [3.63, 3.8) is 0 Å². The van der Waals surface area contributed by atoms with E-state index in [4.69, 9.17) is 9.47 Å². The number of nitrogens with zero attached hydrogens (tertiary/aromatic N) is 2. The molecule has 0 heterocycles. The third-order valence-electron chi connectivity index (χ3n) is 4.25. The van der Waals surface area contributed by atoms with E-state index >= 15 is 0 Å². The van der Waals surface area contributed by atoms with E-state index in [1.807, 2.05) is 49.2 Å². The van der Waals surface area contributed by atoms with Crippen molar-refractivity contribution in [1.29, 1.82) is 0 Å². The first-order chi connectivity index (χ1) is 14.0. The second-order valence-corrected chi connectivity index (χ2v) is 6.55. The third-order valence-corrected chi connectivity index (χ3v) is 4.25. The van der Waals surface area contributed by atoms with Gasteiger partial charge in [0.25, 0.3) is 0 Å². The van der Waals surface area contributed by atoms with Crippen LogP contribution in [0.5, 0.6) is 11.5 Å². The van der Waals surface area contributed by atoms with Crippen LogP contribution in [-0.2, 0) is 17.9 Å². The maximum atomic E-state index is 11.4. The summed E-state index contributed by atoms with van der Waals surface area (Å²) in [6, 6.07) is 13.8. The van der Waals surface area contributed by atoms with Gasteiger partial charge >= 0.3 is 0 Å². The van der Waals surface area contributed by atoms with E-state index in [0.29, 0.717) is 31.1 Å². The highest BCUT2D eigenvalue weighted by atomic mass is 127. The number of rotatable bonds is 8. The molecule has 2 aromatic rings. The van der Waals surface area contributed by atoms with Gasteiger partial charge in [-0.2, -0.15) is 0 Å². The number of benzene rings is 2. The van der Waals surface area contributed by atoms with Gasteiger partial charge in [0.2, 0.25) is 5.91 Å². The number of guanidine groups is 1. The van der Waals surface area contributed by atoms with E-state index in [2.05, 4.69) is 27.8 Å². The fourth-order valence-electron chi connectivity index (χ4n) is 2.92. The highest BCUT2D eigenvalue weighted by Gasteiger charge is 2.09. The van der Waals surface area contributed by atoms with Gasteiger partial charge in [-0.05, 0) is 42.3 Å². The Morgan fingerprint density at radius 1 is 1.13 bits per heavy atom. The van der Waals surface area contributed by atoms with E-state index < -0.39 is 0 Å².